The molecule has 3 rings (SSSR count). The van der Waals surface area contributed by atoms with Crippen LogP contribution in [-0.2, 0) is 23.0 Å². The third kappa shape index (κ3) is 7.86. The van der Waals surface area contributed by atoms with E-state index in [9.17, 15) is 27.8 Å². The lowest BCUT2D eigenvalue weighted by Crippen LogP contribution is -2.55. The molecule has 1 amide bonds. The number of halogens is 1. The Labute approximate surface area is 224 Å². The number of hydrogen-bond acceptors (Lipinski definition) is 4. The van der Waals surface area contributed by atoms with Gasteiger partial charge in [0.05, 0.1) is 4.90 Å². The summed E-state index contributed by atoms with van der Waals surface area (Å²) in [5, 5.41) is 22.0. The molecule has 0 saturated heterocycles. The van der Waals surface area contributed by atoms with Gasteiger partial charge in [0.2, 0.25) is 10.0 Å². The third-order valence-electron chi connectivity index (χ3n) is 6.37. The second-order valence-corrected chi connectivity index (χ2v) is 11.7. The number of carbonyl (C=O) groups is 1. The second-order valence-electron chi connectivity index (χ2n) is 9.80. The van der Waals surface area contributed by atoms with Gasteiger partial charge in [-0.05, 0) is 47.7 Å². The van der Waals surface area contributed by atoms with Gasteiger partial charge in [-0.2, -0.15) is 4.31 Å². The smallest absolute Gasteiger partial charge is 0.407 e. The van der Waals surface area contributed by atoms with E-state index >= 15 is 0 Å². The standard InChI is InChI=1S/C29H35FN2O5S/c1-23(2)17-19-32(38(36,37)27-15-13-26(30)14-16-27)29(35,21-24-9-5-3-6-10-24)18-20-31(28(33)34)22-25-11-7-4-8-12-25/h3-16,23,35H,17-22H2,1-2H3,(H,33,34). The van der Waals surface area contributed by atoms with Crippen LogP contribution in [0.1, 0.15) is 37.8 Å². The first-order chi connectivity index (χ1) is 18.0. The van der Waals surface area contributed by atoms with Gasteiger partial charge in [0.25, 0.3) is 0 Å². The van der Waals surface area contributed by atoms with Crippen molar-refractivity contribution >= 4 is 16.1 Å². The zero-order valence-corrected chi connectivity index (χ0v) is 22.5. The van der Waals surface area contributed by atoms with E-state index in [0.29, 0.717) is 12.0 Å². The fraction of sp³-hybridized carbons (Fsp3) is 0.345. The summed E-state index contributed by atoms with van der Waals surface area (Å²) in [5.41, 5.74) is -0.478. The Morgan fingerprint density at radius 3 is 1.97 bits per heavy atom. The summed E-state index contributed by atoms with van der Waals surface area (Å²) in [6, 6.07) is 22.5. The van der Waals surface area contributed by atoms with E-state index in [2.05, 4.69) is 0 Å². The fourth-order valence-electron chi connectivity index (χ4n) is 4.25. The Balaban J connectivity index is 2.01. The van der Waals surface area contributed by atoms with Gasteiger partial charge in [0.15, 0.2) is 0 Å². The second kappa shape index (κ2) is 13.0. The maximum Gasteiger partial charge on any atom is 0.407 e. The molecule has 0 bridgehead atoms. The molecule has 0 aromatic heterocycles. The van der Waals surface area contributed by atoms with Crippen LogP contribution in [-0.4, -0.2) is 52.7 Å². The molecular weight excluding hydrogens is 507 g/mol. The SMILES string of the molecule is CC(C)CCN(C(O)(CCN(Cc1ccccc1)C(=O)O)Cc1ccccc1)S(=O)(=O)c1ccc(F)cc1. The number of hydrogen-bond donors (Lipinski definition) is 2. The first-order valence-corrected chi connectivity index (χ1v) is 14.0. The molecular formula is C29H35FN2O5S. The van der Waals surface area contributed by atoms with Crippen molar-refractivity contribution < 1.29 is 27.8 Å². The summed E-state index contributed by atoms with van der Waals surface area (Å²) in [5.74, 6) is -0.439. The maximum atomic E-state index is 13.9. The quantitative estimate of drug-likeness (QED) is 0.283. The Morgan fingerprint density at radius 2 is 1.45 bits per heavy atom. The van der Waals surface area contributed by atoms with E-state index in [-0.39, 0.29) is 43.3 Å². The minimum Gasteiger partial charge on any atom is -0.465 e. The maximum absolute atomic E-state index is 13.9. The molecule has 204 valence electrons. The first kappa shape index (κ1) is 29.3. The lowest BCUT2D eigenvalue weighted by molar-refractivity contribution is -0.0727. The van der Waals surface area contributed by atoms with Crippen LogP contribution >= 0.6 is 0 Å². The van der Waals surface area contributed by atoms with Gasteiger partial charge < -0.3 is 15.1 Å². The highest BCUT2D eigenvalue weighted by Gasteiger charge is 2.43. The molecule has 0 aliphatic rings. The van der Waals surface area contributed by atoms with Crippen molar-refractivity contribution in [2.75, 3.05) is 13.1 Å². The largest absolute Gasteiger partial charge is 0.465 e. The van der Waals surface area contributed by atoms with Gasteiger partial charge in [-0.15, -0.1) is 0 Å². The van der Waals surface area contributed by atoms with Crippen LogP contribution < -0.4 is 0 Å². The predicted molar refractivity (Wildman–Crippen MR) is 144 cm³/mol. The summed E-state index contributed by atoms with van der Waals surface area (Å²) < 4.78 is 42.4. The van der Waals surface area contributed by atoms with Crippen molar-refractivity contribution in [3.05, 3.63) is 102 Å². The van der Waals surface area contributed by atoms with Crippen LogP contribution in [0.15, 0.2) is 89.8 Å². The van der Waals surface area contributed by atoms with Gasteiger partial charge in [-0.3, -0.25) is 0 Å². The number of rotatable bonds is 13. The zero-order valence-electron chi connectivity index (χ0n) is 21.7. The average Bonchev–Trinajstić information content (AvgIpc) is 2.87. The number of aliphatic hydroxyl groups is 1. The van der Waals surface area contributed by atoms with Gasteiger partial charge in [-0.25, -0.2) is 17.6 Å². The van der Waals surface area contributed by atoms with Crippen molar-refractivity contribution in [1.29, 1.82) is 0 Å². The third-order valence-corrected chi connectivity index (χ3v) is 8.34. The van der Waals surface area contributed by atoms with Crippen LogP contribution in [0.3, 0.4) is 0 Å². The Morgan fingerprint density at radius 1 is 0.895 bits per heavy atom. The molecule has 3 aromatic rings. The zero-order chi connectivity index (χ0) is 27.8. The minimum absolute atomic E-state index is 0.00642. The average molecular weight is 543 g/mol. The lowest BCUT2D eigenvalue weighted by Gasteiger charge is -2.40. The van der Waals surface area contributed by atoms with Crippen molar-refractivity contribution in [2.45, 2.75) is 50.3 Å². The lowest BCUT2D eigenvalue weighted by atomic mass is 9.98. The number of nitrogens with zero attached hydrogens (tertiary/aromatic N) is 2. The summed E-state index contributed by atoms with van der Waals surface area (Å²) in [6.07, 6.45) is -0.930. The normalized spacial score (nSPS) is 13.4. The highest BCUT2D eigenvalue weighted by Crippen LogP contribution is 2.31. The molecule has 0 heterocycles. The topological polar surface area (TPSA) is 98.2 Å². The first-order valence-electron chi connectivity index (χ1n) is 12.6. The highest BCUT2D eigenvalue weighted by molar-refractivity contribution is 7.89. The van der Waals surface area contributed by atoms with E-state index in [1.54, 1.807) is 36.4 Å². The number of benzene rings is 3. The molecule has 0 radical (unpaired) electrons. The predicted octanol–water partition coefficient (Wildman–Crippen LogP) is 5.36. The van der Waals surface area contributed by atoms with E-state index in [1.165, 1.54) is 12.1 Å². The van der Waals surface area contributed by atoms with Crippen molar-refractivity contribution in [2.24, 2.45) is 5.92 Å². The van der Waals surface area contributed by atoms with E-state index in [4.69, 9.17) is 0 Å². The number of amides is 1. The molecule has 1 unspecified atom stereocenters. The summed E-state index contributed by atoms with van der Waals surface area (Å²) in [6.45, 7) is 3.89. The molecule has 3 aromatic carbocycles. The minimum atomic E-state index is -4.27. The van der Waals surface area contributed by atoms with Crippen LogP contribution in [0.25, 0.3) is 0 Å². The molecule has 7 nitrogen and oxygen atoms in total. The van der Waals surface area contributed by atoms with Crippen LogP contribution in [0.2, 0.25) is 0 Å². The number of carboxylic acid groups (broad SMARTS) is 1. The van der Waals surface area contributed by atoms with Crippen molar-refractivity contribution in [3.63, 3.8) is 0 Å². The van der Waals surface area contributed by atoms with Gasteiger partial charge in [-0.1, -0.05) is 74.5 Å². The molecule has 2 N–H and O–H groups in total. The Bertz CT molecular complexity index is 1270. The molecule has 9 heteroatoms. The Hall–Kier alpha value is -3.27. The van der Waals surface area contributed by atoms with Crippen molar-refractivity contribution in [1.82, 2.24) is 9.21 Å². The number of sulfonamides is 1. The molecule has 0 fully saturated rings. The van der Waals surface area contributed by atoms with E-state index in [0.717, 1.165) is 26.9 Å². The molecule has 38 heavy (non-hydrogen) atoms. The Kier molecular flexibility index (Phi) is 10.0. The summed E-state index contributed by atoms with van der Waals surface area (Å²) in [4.78, 5) is 13.1. The molecule has 0 spiro atoms. The van der Waals surface area contributed by atoms with E-state index in [1.807, 2.05) is 38.1 Å². The summed E-state index contributed by atoms with van der Waals surface area (Å²) >= 11 is 0. The molecule has 0 aliphatic heterocycles. The van der Waals surface area contributed by atoms with Gasteiger partial charge in [0, 0.05) is 32.5 Å². The molecule has 0 saturated carbocycles. The van der Waals surface area contributed by atoms with Gasteiger partial charge >= 0.3 is 6.09 Å². The monoisotopic (exact) mass is 542 g/mol. The highest BCUT2D eigenvalue weighted by atomic mass is 32.2. The van der Waals surface area contributed by atoms with Gasteiger partial charge in [0.1, 0.15) is 11.5 Å². The van der Waals surface area contributed by atoms with Crippen LogP contribution in [0.5, 0.6) is 0 Å². The van der Waals surface area contributed by atoms with Crippen molar-refractivity contribution in [3.8, 4) is 0 Å². The fourth-order valence-corrected chi connectivity index (χ4v) is 5.93. The molecule has 0 aliphatic carbocycles. The summed E-state index contributed by atoms with van der Waals surface area (Å²) in [7, 11) is -4.27. The van der Waals surface area contributed by atoms with Crippen LogP contribution in [0, 0.1) is 11.7 Å². The molecule has 1 atom stereocenters. The van der Waals surface area contributed by atoms with Crippen LogP contribution in [0.4, 0.5) is 9.18 Å². The van der Waals surface area contributed by atoms with E-state index < -0.39 is 27.7 Å².